The second-order valence-corrected chi connectivity index (χ2v) is 8.67. The van der Waals surface area contributed by atoms with Gasteiger partial charge in [-0.25, -0.2) is 9.97 Å². The van der Waals surface area contributed by atoms with E-state index in [1.807, 2.05) is 35.6 Å². The van der Waals surface area contributed by atoms with Gasteiger partial charge >= 0.3 is 0 Å². The van der Waals surface area contributed by atoms with Crippen LogP contribution in [0.3, 0.4) is 0 Å². The minimum absolute atomic E-state index is 0.0160. The average molecular weight is 408 g/mol. The lowest BCUT2D eigenvalue weighted by molar-refractivity contribution is -0.136. The van der Waals surface area contributed by atoms with E-state index in [-0.39, 0.29) is 17.9 Å². The van der Waals surface area contributed by atoms with Crippen LogP contribution in [0.5, 0.6) is 0 Å². The molecule has 3 fully saturated rings. The molecule has 2 aromatic heterocycles. The van der Waals surface area contributed by atoms with E-state index >= 15 is 0 Å². The maximum absolute atomic E-state index is 12.9. The highest BCUT2D eigenvalue weighted by atomic mass is 16.2. The number of nitrogens with one attached hydrogen (secondary N) is 3. The Morgan fingerprint density at radius 3 is 2.60 bits per heavy atom. The van der Waals surface area contributed by atoms with Gasteiger partial charge in [0.15, 0.2) is 0 Å². The zero-order chi connectivity index (χ0) is 20.5. The maximum atomic E-state index is 12.9. The predicted molar refractivity (Wildman–Crippen MR) is 115 cm³/mol. The van der Waals surface area contributed by atoms with Crippen LogP contribution < -0.4 is 16.2 Å². The molecule has 1 saturated carbocycles. The van der Waals surface area contributed by atoms with Gasteiger partial charge in [-0.3, -0.25) is 20.6 Å². The first-order valence-electron chi connectivity index (χ1n) is 11.0. The van der Waals surface area contributed by atoms with Gasteiger partial charge in [0.2, 0.25) is 11.9 Å². The molecule has 0 spiro atoms. The molecule has 5 rings (SSSR count). The minimum atomic E-state index is 0.0160. The van der Waals surface area contributed by atoms with Gasteiger partial charge in [0.1, 0.15) is 0 Å². The molecule has 2 aromatic rings. The third-order valence-corrected chi connectivity index (χ3v) is 6.49. The summed E-state index contributed by atoms with van der Waals surface area (Å²) >= 11 is 0. The molecule has 1 amide bonds. The van der Waals surface area contributed by atoms with E-state index in [4.69, 9.17) is 4.98 Å². The summed E-state index contributed by atoms with van der Waals surface area (Å²) < 4.78 is 0. The number of likely N-dealkylation sites (tertiary alicyclic amines) is 1. The van der Waals surface area contributed by atoms with Crippen molar-refractivity contribution >= 4 is 11.9 Å². The summed E-state index contributed by atoms with van der Waals surface area (Å²) in [6, 6.07) is 4.71. The molecule has 0 aromatic carbocycles. The summed E-state index contributed by atoms with van der Waals surface area (Å²) in [5.74, 6) is 1.31. The molecular formula is C22H29N7O. The second kappa shape index (κ2) is 8.28. The molecule has 3 aliphatic rings. The van der Waals surface area contributed by atoms with Crippen molar-refractivity contribution in [1.29, 1.82) is 0 Å². The Hall–Kier alpha value is -2.58. The van der Waals surface area contributed by atoms with E-state index in [1.165, 1.54) is 12.8 Å². The number of hydrazine groups is 1. The monoisotopic (exact) mass is 407 g/mol. The predicted octanol–water partition coefficient (Wildman–Crippen LogP) is 1.93. The highest BCUT2D eigenvalue weighted by Crippen LogP contribution is 2.35. The Bertz CT molecular complexity index is 894. The van der Waals surface area contributed by atoms with E-state index in [9.17, 15) is 4.79 Å². The molecule has 0 radical (unpaired) electrons. The first-order chi connectivity index (χ1) is 14.7. The lowest BCUT2D eigenvalue weighted by Gasteiger charge is -2.34. The van der Waals surface area contributed by atoms with E-state index in [0.717, 1.165) is 48.7 Å². The fraction of sp³-hybridized carbons (Fsp3) is 0.545. The Kier molecular flexibility index (Phi) is 5.35. The zero-order valence-electron chi connectivity index (χ0n) is 17.3. The number of carbonyl (C=O) groups excluding carboxylic acids is 1. The minimum Gasteiger partial charge on any atom is -0.351 e. The molecule has 1 aliphatic carbocycles. The standard InChI is InChI=1S/C22H29N7O/c1-14-18(13-25-28-14)21(30)29-10-6-16(7-11-29)20-19(15-4-8-23-9-5-15)12-24-22(27-20)26-17-2-3-17/h4-5,8-9,12,14,16-18,25,28H,2-3,6-7,10-11,13H2,1H3,(H,24,26,27). The highest BCUT2D eigenvalue weighted by molar-refractivity contribution is 5.80. The van der Waals surface area contributed by atoms with Crippen molar-refractivity contribution in [1.82, 2.24) is 30.7 Å². The molecule has 0 bridgehead atoms. The third-order valence-electron chi connectivity index (χ3n) is 6.49. The van der Waals surface area contributed by atoms with Crippen LogP contribution in [0.15, 0.2) is 30.7 Å². The molecule has 158 valence electrons. The normalized spacial score (nSPS) is 24.8. The summed E-state index contributed by atoms with van der Waals surface area (Å²) in [5.41, 5.74) is 9.50. The van der Waals surface area contributed by atoms with Crippen LogP contribution in [0.4, 0.5) is 5.95 Å². The fourth-order valence-corrected chi connectivity index (χ4v) is 4.46. The molecule has 8 heteroatoms. The third kappa shape index (κ3) is 4.02. The van der Waals surface area contributed by atoms with E-state index < -0.39 is 0 Å². The zero-order valence-corrected chi connectivity index (χ0v) is 17.3. The van der Waals surface area contributed by atoms with Crippen LogP contribution in [0.1, 0.15) is 44.2 Å². The number of pyridine rings is 1. The number of amides is 1. The van der Waals surface area contributed by atoms with Gasteiger partial charge in [-0.2, -0.15) is 0 Å². The molecule has 2 aliphatic heterocycles. The van der Waals surface area contributed by atoms with Crippen LogP contribution in [0, 0.1) is 5.92 Å². The summed E-state index contributed by atoms with van der Waals surface area (Å²) in [7, 11) is 0. The Morgan fingerprint density at radius 1 is 1.17 bits per heavy atom. The Labute approximate surface area is 176 Å². The number of nitrogens with zero attached hydrogens (tertiary/aromatic N) is 4. The molecular weight excluding hydrogens is 378 g/mol. The first kappa shape index (κ1) is 19.4. The molecule has 8 nitrogen and oxygen atoms in total. The SMILES string of the molecule is CC1NNCC1C(=O)N1CCC(c2nc(NC3CC3)ncc2-c2ccncc2)CC1. The van der Waals surface area contributed by atoms with Crippen molar-refractivity contribution in [3.8, 4) is 11.1 Å². The number of anilines is 1. The molecule has 4 heterocycles. The van der Waals surface area contributed by atoms with Crippen LogP contribution in [0.2, 0.25) is 0 Å². The average Bonchev–Trinajstić information content (AvgIpc) is 3.51. The van der Waals surface area contributed by atoms with Crippen molar-refractivity contribution in [3.63, 3.8) is 0 Å². The van der Waals surface area contributed by atoms with Gasteiger partial charge in [-0.15, -0.1) is 0 Å². The van der Waals surface area contributed by atoms with Gasteiger partial charge in [0.25, 0.3) is 0 Å². The van der Waals surface area contributed by atoms with Crippen molar-refractivity contribution in [2.75, 3.05) is 25.0 Å². The molecule has 2 atom stereocenters. The summed E-state index contributed by atoms with van der Waals surface area (Å²) in [6.45, 7) is 4.32. The Balaban J connectivity index is 1.34. The molecule has 3 N–H and O–H groups in total. The molecule has 30 heavy (non-hydrogen) atoms. The maximum Gasteiger partial charge on any atom is 0.228 e. The number of aromatic nitrogens is 3. The second-order valence-electron chi connectivity index (χ2n) is 8.67. The molecule has 2 saturated heterocycles. The largest absolute Gasteiger partial charge is 0.351 e. The summed E-state index contributed by atoms with van der Waals surface area (Å²) in [5, 5.41) is 3.43. The highest BCUT2D eigenvalue weighted by Gasteiger charge is 2.35. The van der Waals surface area contributed by atoms with Gasteiger partial charge in [-0.05, 0) is 50.3 Å². The van der Waals surface area contributed by atoms with Crippen LogP contribution in [0.25, 0.3) is 11.1 Å². The van der Waals surface area contributed by atoms with Crippen molar-refractivity contribution in [2.45, 2.75) is 50.6 Å². The number of rotatable bonds is 5. The quantitative estimate of drug-likeness (QED) is 0.697. The van der Waals surface area contributed by atoms with Crippen LogP contribution in [-0.4, -0.2) is 57.5 Å². The van der Waals surface area contributed by atoms with Crippen LogP contribution >= 0.6 is 0 Å². The summed E-state index contributed by atoms with van der Waals surface area (Å²) in [6.07, 6.45) is 9.78. The fourth-order valence-electron chi connectivity index (χ4n) is 4.46. The van der Waals surface area contributed by atoms with Crippen molar-refractivity contribution < 1.29 is 4.79 Å². The topological polar surface area (TPSA) is 95.1 Å². The number of hydrogen-bond donors (Lipinski definition) is 3. The summed E-state index contributed by atoms with van der Waals surface area (Å²) in [4.78, 5) is 28.6. The van der Waals surface area contributed by atoms with Crippen LogP contribution in [-0.2, 0) is 4.79 Å². The smallest absolute Gasteiger partial charge is 0.228 e. The van der Waals surface area contributed by atoms with Gasteiger partial charge in [0.05, 0.1) is 11.6 Å². The van der Waals surface area contributed by atoms with Crippen molar-refractivity contribution in [2.24, 2.45) is 5.92 Å². The first-order valence-corrected chi connectivity index (χ1v) is 11.0. The number of piperidine rings is 1. The van der Waals surface area contributed by atoms with E-state index in [1.54, 1.807) is 0 Å². The van der Waals surface area contributed by atoms with Gasteiger partial charge in [-0.1, -0.05) is 0 Å². The number of carbonyl (C=O) groups is 1. The van der Waals surface area contributed by atoms with Gasteiger partial charge in [0, 0.05) is 61.8 Å². The lowest BCUT2D eigenvalue weighted by atomic mass is 9.88. The van der Waals surface area contributed by atoms with E-state index in [2.05, 4.69) is 33.1 Å². The van der Waals surface area contributed by atoms with Gasteiger partial charge < -0.3 is 10.2 Å². The lowest BCUT2D eigenvalue weighted by Crippen LogP contribution is -2.44. The molecule has 2 unspecified atom stereocenters. The van der Waals surface area contributed by atoms with Crippen molar-refractivity contribution in [3.05, 3.63) is 36.4 Å². The number of hydrogen-bond acceptors (Lipinski definition) is 7. The van der Waals surface area contributed by atoms with E-state index in [0.29, 0.717) is 18.5 Å². The Morgan fingerprint density at radius 2 is 1.93 bits per heavy atom.